The van der Waals surface area contributed by atoms with E-state index in [4.69, 9.17) is 5.26 Å². The van der Waals surface area contributed by atoms with Crippen molar-refractivity contribution in [3.8, 4) is 6.07 Å². The van der Waals surface area contributed by atoms with E-state index in [0.717, 1.165) is 39.3 Å². The van der Waals surface area contributed by atoms with E-state index in [1.807, 2.05) is 0 Å². The molecule has 0 unspecified atom stereocenters. The summed E-state index contributed by atoms with van der Waals surface area (Å²) in [5.74, 6) is 0. The molecular formula is C22H23N3. The van der Waals surface area contributed by atoms with E-state index < -0.39 is 0 Å². The molecule has 0 aliphatic carbocycles. The van der Waals surface area contributed by atoms with Crippen molar-refractivity contribution >= 4 is 21.5 Å². The van der Waals surface area contributed by atoms with Gasteiger partial charge in [-0.05, 0) is 33.2 Å². The van der Waals surface area contributed by atoms with Crippen molar-refractivity contribution in [2.45, 2.75) is 13.0 Å². The monoisotopic (exact) mass is 329 g/mol. The van der Waals surface area contributed by atoms with E-state index in [2.05, 4.69) is 70.5 Å². The molecule has 0 spiro atoms. The molecule has 0 aromatic heterocycles. The molecule has 0 bridgehead atoms. The molecule has 4 rings (SSSR count). The van der Waals surface area contributed by atoms with Gasteiger partial charge < -0.3 is 0 Å². The lowest BCUT2D eigenvalue weighted by Crippen LogP contribution is -2.46. The first kappa shape index (κ1) is 16.1. The lowest BCUT2D eigenvalue weighted by atomic mass is 9.96. The number of nitriles is 1. The smallest absolute Gasteiger partial charge is 0.0635 e. The van der Waals surface area contributed by atoms with Crippen LogP contribution in [0.3, 0.4) is 0 Å². The van der Waals surface area contributed by atoms with Crippen LogP contribution in [0.2, 0.25) is 0 Å². The number of rotatable bonds is 4. The molecule has 1 fully saturated rings. The number of nitrogens with zero attached hydrogens (tertiary/aromatic N) is 3. The van der Waals surface area contributed by atoms with Crippen LogP contribution in [0.15, 0.2) is 54.6 Å². The minimum atomic E-state index is 0.633. The number of hydrogen-bond acceptors (Lipinski definition) is 3. The number of piperazine rings is 1. The molecule has 0 amide bonds. The van der Waals surface area contributed by atoms with Gasteiger partial charge in [-0.3, -0.25) is 9.80 Å². The molecule has 0 N–H and O–H groups in total. The quantitative estimate of drug-likeness (QED) is 0.677. The van der Waals surface area contributed by atoms with Crippen LogP contribution in [0, 0.1) is 11.3 Å². The normalized spacial score (nSPS) is 16.3. The van der Waals surface area contributed by atoms with Crippen LogP contribution in [0.25, 0.3) is 21.5 Å². The van der Waals surface area contributed by atoms with Crippen molar-refractivity contribution in [1.29, 1.82) is 5.26 Å². The van der Waals surface area contributed by atoms with E-state index in [1.165, 1.54) is 27.1 Å². The van der Waals surface area contributed by atoms with Crippen molar-refractivity contribution in [3.05, 3.63) is 60.2 Å². The van der Waals surface area contributed by atoms with E-state index in [-0.39, 0.29) is 0 Å². The Morgan fingerprint density at radius 1 is 0.800 bits per heavy atom. The highest BCUT2D eigenvalue weighted by molar-refractivity contribution is 6.02. The molecule has 0 atom stereocenters. The highest BCUT2D eigenvalue weighted by Gasteiger charge is 2.18. The first-order chi connectivity index (χ1) is 12.3. The van der Waals surface area contributed by atoms with Crippen LogP contribution in [-0.4, -0.2) is 42.5 Å². The molecule has 1 saturated heterocycles. The van der Waals surface area contributed by atoms with E-state index in [9.17, 15) is 0 Å². The Hall–Kier alpha value is -2.41. The third kappa shape index (κ3) is 3.37. The summed E-state index contributed by atoms with van der Waals surface area (Å²) in [4.78, 5) is 4.96. The van der Waals surface area contributed by atoms with Crippen molar-refractivity contribution < 1.29 is 0 Å². The largest absolute Gasteiger partial charge is 0.300 e. The predicted octanol–water partition coefficient (Wildman–Crippen LogP) is 4.02. The molecule has 0 saturated carbocycles. The maximum Gasteiger partial charge on any atom is 0.0635 e. The molecule has 3 heteroatoms. The molecule has 25 heavy (non-hydrogen) atoms. The highest BCUT2D eigenvalue weighted by atomic mass is 15.3. The maximum absolute atomic E-state index is 8.76. The van der Waals surface area contributed by atoms with E-state index in [1.54, 1.807) is 0 Å². The molecule has 126 valence electrons. The third-order valence-corrected chi connectivity index (χ3v) is 5.27. The topological polar surface area (TPSA) is 30.3 Å². The molecule has 3 aromatic rings. The van der Waals surface area contributed by atoms with Crippen LogP contribution < -0.4 is 0 Å². The van der Waals surface area contributed by atoms with Crippen molar-refractivity contribution in [3.63, 3.8) is 0 Å². The Labute approximate surface area is 149 Å². The average Bonchev–Trinajstić information content (AvgIpc) is 2.67. The number of benzene rings is 3. The predicted molar refractivity (Wildman–Crippen MR) is 103 cm³/mol. The highest BCUT2D eigenvalue weighted by Crippen LogP contribution is 2.29. The lowest BCUT2D eigenvalue weighted by molar-refractivity contribution is 0.130. The molecule has 3 aromatic carbocycles. The van der Waals surface area contributed by atoms with Gasteiger partial charge >= 0.3 is 0 Å². The summed E-state index contributed by atoms with van der Waals surface area (Å²) < 4.78 is 0. The SMILES string of the molecule is N#CCCN1CCN(Cc2c3ccccc3cc3ccccc23)CC1. The first-order valence-electron chi connectivity index (χ1n) is 9.06. The minimum absolute atomic E-state index is 0.633. The second kappa shape index (κ2) is 7.23. The van der Waals surface area contributed by atoms with Crippen molar-refractivity contribution in [1.82, 2.24) is 9.80 Å². The van der Waals surface area contributed by atoms with Gasteiger partial charge in [-0.2, -0.15) is 5.26 Å². The van der Waals surface area contributed by atoms with Gasteiger partial charge in [-0.25, -0.2) is 0 Å². The second-order valence-electron chi connectivity index (χ2n) is 6.82. The maximum atomic E-state index is 8.76. The van der Waals surface area contributed by atoms with Gasteiger partial charge in [0.15, 0.2) is 0 Å². The first-order valence-corrected chi connectivity index (χ1v) is 9.06. The summed E-state index contributed by atoms with van der Waals surface area (Å²) >= 11 is 0. The van der Waals surface area contributed by atoms with Gasteiger partial charge in [-0.15, -0.1) is 0 Å². The zero-order valence-corrected chi connectivity index (χ0v) is 14.5. The van der Waals surface area contributed by atoms with Crippen LogP contribution in [0.4, 0.5) is 0 Å². The Morgan fingerprint density at radius 2 is 1.36 bits per heavy atom. The Bertz CT molecular complexity index is 863. The van der Waals surface area contributed by atoms with Crippen LogP contribution in [0.5, 0.6) is 0 Å². The van der Waals surface area contributed by atoms with Crippen LogP contribution >= 0.6 is 0 Å². The molecule has 1 aliphatic rings. The zero-order valence-electron chi connectivity index (χ0n) is 14.5. The third-order valence-electron chi connectivity index (χ3n) is 5.27. The summed E-state index contributed by atoms with van der Waals surface area (Å²) in [6.45, 7) is 6.16. The summed E-state index contributed by atoms with van der Waals surface area (Å²) in [6, 6.07) is 22.0. The summed E-state index contributed by atoms with van der Waals surface area (Å²) in [5, 5.41) is 14.1. The van der Waals surface area contributed by atoms with E-state index in [0.29, 0.717) is 6.42 Å². The zero-order chi connectivity index (χ0) is 17.1. The fourth-order valence-corrected chi connectivity index (χ4v) is 3.88. The van der Waals surface area contributed by atoms with Gasteiger partial charge in [0.2, 0.25) is 0 Å². The van der Waals surface area contributed by atoms with Gasteiger partial charge in [0.25, 0.3) is 0 Å². The Morgan fingerprint density at radius 3 is 1.96 bits per heavy atom. The molecule has 0 radical (unpaired) electrons. The average molecular weight is 329 g/mol. The Kier molecular flexibility index (Phi) is 4.65. The van der Waals surface area contributed by atoms with Crippen molar-refractivity contribution in [2.24, 2.45) is 0 Å². The fraction of sp³-hybridized carbons (Fsp3) is 0.318. The second-order valence-corrected chi connectivity index (χ2v) is 6.82. The van der Waals surface area contributed by atoms with Gasteiger partial charge in [0, 0.05) is 45.7 Å². The van der Waals surface area contributed by atoms with Crippen LogP contribution in [-0.2, 0) is 6.54 Å². The molecule has 1 heterocycles. The minimum Gasteiger partial charge on any atom is -0.300 e. The number of hydrogen-bond donors (Lipinski definition) is 0. The molecular weight excluding hydrogens is 306 g/mol. The van der Waals surface area contributed by atoms with Crippen molar-refractivity contribution in [2.75, 3.05) is 32.7 Å². The van der Waals surface area contributed by atoms with Gasteiger partial charge in [0.1, 0.15) is 0 Å². The van der Waals surface area contributed by atoms with Gasteiger partial charge in [-0.1, -0.05) is 48.5 Å². The number of fused-ring (bicyclic) bond motifs is 2. The van der Waals surface area contributed by atoms with Crippen LogP contribution in [0.1, 0.15) is 12.0 Å². The summed E-state index contributed by atoms with van der Waals surface area (Å²) in [7, 11) is 0. The fourth-order valence-electron chi connectivity index (χ4n) is 3.88. The van der Waals surface area contributed by atoms with Gasteiger partial charge in [0.05, 0.1) is 6.07 Å². The Balaban J connectivity index is 1.61. The summed E-state index contributed by atoms with van der Waals surface area (Å²) in [5.41, 5.74) is 1.44. The standard InChI is InChI=1S/C22H23N3/c23-10-5-11-24-12-14-25(15-13-24)17-22-20-8-3-1-6-18(20)16-19-7-2-4-9-21(19)22/h1-4,6-9,16H,5,11-15,17H2. The lowest BCUT2D eigenvalue weighted by Gasteiger charge is -2.34. The van der Waals surface area contributed by atoms with E-state index >= 15 is 0 Å². The molecule has 1 aliphatic heterocycles. The summed E-state index contributed by atoms with van der Waals surface area (Å²) in [6.07, 6.45) is 0.633. The molecule has 3 nitrogen and oxygen atoms in total.